The number of benzene rings is 1. The molecule has 0 atom stereocenters. The van der Waals surface area contributed by atoms with Crippen molar-refractivity contribution in [2.75, 3.05) is 31.6 Å². The van der Waals surface area contributed by atoms with E-state index in [9.17, 15) is 14.0 Å². The van der Waals surface area contributed by atoms with Crippen molar-refractivity contribution in [2.45, 2.75) is 38.0 Å². The molecule has 2 amide bonds. The van der Waals surface area contributed by atoms with Crippen molar-refractivity contribution in [2.24, 2.45) is 5.92 Å². The van der Waals surface area contributed by atoms with Crippen molar-refractivity contribution in [3.63, 3.8) is 0 Å². The van der Waals surface area contributed by atoms with Gasteiger partial charge in [-0.2, -0.15) is 0 Å². The van der Waals surface area contributed by atoms with Crippen LogP contribution in [0.25, 0.3) is 0 Å². The van der Waals surface area contributed by atoms with E-state index in [4.69, 9.17) is 9.26 Å². The third-order valence-electron chi connectivity index (χ3n) is 6.18. The monoisotopic (exact) mass is 415 g/mol. The number of aryl methyl sites for hydroxylation is 1. The second kappa shape index (κ2) is 8.55. The van der Waals surface area contributed by atoms with Crippen molar-refractivity contribution >= 4 is 17.6 Å². The summed E-state index contributed by atoms with van der Waals surface area (Å²) < 4.78 is 23.9. The number of anilines is 1. The van der Waals surface area contributed by atoms with E-state index >= 15 is 0 Å². The highest BCUT2D eigenvalue weighted by Gasteiger charge is 2.45. The Morgan fingerprint density at radius 1 is 1.17 bits per heavy atom. The number of nitrogens with one attached hydrogen (secondary N) is 1. The summed E-state index contributed by atoms with van der Waals surface area (Å²) in [5.74, 6) is 0.491. The molecule has 7 nitrogen and oxygen atoms in total. The Bertz CT molecular complexity index is 897. The Labute approximate surface area is 174 Å². The fraction of sp³-hybridized carbons (Fsp3) is 0.500. The van der Waals surface area contributed by atoms with Gasteiger partial charge in [-0.25, -0.2) is 4.39 Å². The zero-order valence-electron chi connectivity index (χ0n) is 17.0. The highest BCUT2D eigenvalue weighted by atomic mass is 19.1. The van der Waals surface area contributed by atoms with E-state index in [-0.39, 0.29) is 23.5 Å². The van der Waals surface area contributed by atoms with Gasteiger partial charge in [0.15, 0.2) is 5.82 Å². The molecule has 2 fully saturated rings. The number of nitrogens with zero attached hydrogens (tertiary/aromatic N) is 2. The number of carbonyl (C=O) groups excluding carboxylic acids is 2. The van der Waals surface area contributed by atoms with Gasteiger partial charge in [0.05, 0.1) is 5.41 Å². The third-order valence-corrected chi connectivity index (χ3v) is 6.18. The molecular formula is C22H26FN3O4. The average molecular weight is 415 g/mol. The number of rotatable bonds is 4. The Kier molecular flexibility index (Phi) is 5.85. The molecule has 1 aromatic heterocycles. The molecule has 0 unspecified atom stereocenters. The average Bonchev–Trinajstić information content (AvgIpc) is 3.18. The lowest BCUT2D eigenvalue weighted by Crippen LogP contribution is -2.52. The van der Waals surface area contributed by atoms with Gasteiger partial charge in [-0.05, 0) is 50.3 Å². The van der Waals surface area contributed by atoms with Gasteiger partial charge in [0.1, 0.15) is 11.6 Å². The van der Waals surface area contributed by atoms with Gasteiger partial charge >= 0.3 is 0 Å². The molecule has 1 aromatic carbocycles. The zero-order valence-corrected chi connectivity index (χ0v) is 17.0. The van der Waals surface area contributed by atoms with Crippen LogP contribution in [-0.4, -0.2) is 48.2 Å². The summed E-state index contributed by atoms with van der Waals surface area (Å²) in [4.78, 5) is 28.0. The van der Waals surface area contributed by atoms with Crippen LogP contribution in [0.3, 0.4) is 0 Å². The van der Waals surface area contributed by atoms with Gasteiger partial charge in [0, 0.05) is 38.3 Å². The van der Waals surface area contributed by atoms with E-state index in [0.717, 1.165) is 5.56 Å². The van der Waals surface area contributed by atoms with Crippen LogP contribution < -0.4 is 5.32 Å². The van der Waals surface area contributed by atoms with E-state index in [2.05, 4.69) is 10.5 Å². The van der Waals surface area contributed by atoms with Crippen LogP contribution in [0.4, 0.5) is 10.2 Å². The lowest BCUT2D eigenvalue weighted by Gasteiger charge is -2.42. The molecule has 2 aromatic rings. The number of hydrogen-bond acceptors (Lipinski definition) is 5. The van der Waals surface area contributed by atoms with Crippen LogP contribution in [0.5, 0.6) is 0 Å². The Morgan fingerprint density at radius 2 is 1.83 bits per heavy atom. The fourth-order valence-corrected chi connectivity index (χ4v) is 4.42. The lowest BCUT2D eigenvalue weighted by molar-refractivity contribution is -0.143. The van der Waals surface area contributed by atoms with Gasteiger partial charge in [0.25, 0.3) is 0 Å². The number of hydrogen-bond donors (Lipinski definition) is 1. The van der Waals surface area contributed by atoms with Crippen molar-refractivity contribution in [3.8, 4) is 0 Å². The third kappa shape index (κ3) is 4.09. The molecule has 4 rings (SSSR count). The molecule has 2 aliphatic heterocycles. The maximum absolute atomic E-state index is 13.6. The van der Waals surface area contributed by atoms with E-state index < -0.39 is 5.41 Å². The number of aromatic nitrogens is 1. The highest BCUT2D eigenvalue weighted by Crippen LogP contribution is 2.38. The molecule has 0 radical (unpaired) electrons. The van der Waals surface area contributed by atoms with Gasteiger partial charge in [-0.1, -0.05) is 17.3 Å². The highest BCUT2D eigenvalue weighted by molar-refractivity contribution is 5.92. The summed E-state index contributed by atoms with van der Waals surface area (Å²) in [7, 11) is 0. The fourth-order valence-electron chi connectivity index (χ4n) is 4.42. The van der Waals surface area contributed by atoms with Gasteiger partial charge < -0.3 is 19.5 Å². The smallest absolute Gasteiger partial charge is 0.233 e. The van der Waals surface area contributed by atoms with E-state index in [1.165, 1.54) is 12.1 Å². The van der Waals surface area contributed by atoms with Gasteiger partial charge in [0.2, 0.25) is 11.8 Å². The number of carbonyl (C=O) groups is 2. The molecule has 2 saturated heterocycles. The van der Waals surface area contributed by atoms with Crippen LogP contribution in [0, 0.1) is 18.7 Å². The number of likely N-dealkylation sites (tertiary alicyclic amines) is 1. The summed E-state index contributed by atoms with van der Waals surface area (Å²) in [5.41, 5.74) is 0.137. The second-order valence-corrected chi connectivity index (χ2v) is 8.08. The first kappa shape index (κ1) is 20.5. The molecule has 8 heteroatoms. The number of amides is 2. The second-order valence-electron chi connectivity index (χ2n) is 8.08. The molecule has 0 saturated carbocycles. The maximum atomic E-state index is 13.6. The molecule has 1 N–H and O–H groups in total. The normalized spacial score (nSPS) is 19.5. The van der Waals surface area contributed by atoms with E-state index in [1.54, 1.807) is 25.1 Å². The first-order chi connectivity index (χ1) is 14.5. The van der Waals surface area contributed by atoms with Crippen LogP contribution in [-0.2, 0) is 19.7 Å². The summed E-state index contributed by atoms with van der Waals surface area (Å²) in [6, 6.07) is 7.90. The molecule has 160 valence electrons. The van der Waals surface area contributed by atoms with Crippen LogP contribution in [0.1, 0.15) is 37.0 Å². The first-order valence-corrected chi connectivity index (χ1v) is 10.4. The molecule has 3 heterocycles. The lowest BCUT2D eigenvalue weighted by atomic mass is 9.72. The minimum atomic E-state index is -0.695. The van der Waals surface area contributed by atoms with Crippen molar-refractivity contribution < 1.29 is 23.2 Å². The molecule has 0 bridgehead atoms. The molecule has 0 aliphatic carbocycles. The van der Waals surface area contributed by atoms with Crippen molar-refractivity contribution in [1.82, 2.24) is 10.1 Å². The topological polar surface area (TPSA) is 84.7 Å². The Morgan fingerprint density at radius 3 is 2.43 bits per heavy atom. The Hall–Kier alpha value is -2.74. The van der Waals surface area contributed by atoms with Crippen LogP contribution in [0.2, 0.25) is 0 Å². The van der Waals surface area contributed by atoms with E-state index in [1.807, 2.05) is 4.90 Å². The summed E-state index contributed by atoms with van der Waals surface area (Å²) in [5, 5.41) is 6.57. The first-order valence-electron chi connectivity index (χ1n) is 10.4. The van der Waals surface area contributed by atoms with Crippen molar-refractivity contribution in [3.05, 3.63) is 47.5 Å². The molecule has 2 aliphatic rings. The molecular weight excluding hydrogens is 389 g/mol. The number of halogens is 1. The standard InChI is InChI=1S/C22H26FN3O4/c1-15-14-19(25-30-15)24-20(27)16-6-10-26(11-7-16)21(28)22(8-12-29-13-9-22)17-2-4-18(23)5-3-17/h2-5,14,16H,6-13H2,1H3,(H,24,25,27). The Balaban J connectivity index is 1.43. The van der Waals surface area contributed by atoms with Crippen LogP contribution in [0.15, 0.2) is 34.9 Å². The molecule has 30 heavy (non-hydrogen) atoms. The van der Waals surface area contributed by atoms with Gasteiger partial charge in [-0.15, -0.1) is 0 Å². The summed E-state index contributed by atoms with van der Waals surface area (Å²) >= 11 is 0. The SMILES string of the molecule is Cc1cc(NC(=O)C2CCN(C(=O)C3(c4ccc(F)cc4)CCOCC3)CC2)no1. The van der Waals surface area contributed by atoms with Crippen molar-refractivity contribution in [1.29, 1.82) is 0 Å². The predicted molar refractivity (Wildman–Crippen MR) is 107 cm³/mol. The number of piperidine rings is 1. The molecule has 0 spiro atoms. The summed E-state index contributed by atoms with van der Waals surface area (Å²) in [6.07, 6.45) is 2.32. The maximum Gasteiger partial charge on any atom is 0.233 e. The van der Waals surface area contributed by atoms with Crippen LogP contribution >= 0.6 is 0 Å². The quantitative estimate of drug-likeness (QED) is 0.830. The summed E-state index contributed by atoms with van der Waals surface area (Å²) in [6.45, 7) is 3.79. The zero-order chi connectivity index (χ0) is 21.1. The minimum Gasteiger partial charge on any atom is -0.381 e. The van der Waals surface area contributed by atoms with Gasteiger partial charge in [-0.3, -0.25) is 9.59 Å². The number of ether oxygens (including phenoxy) is 1. The minimum absolute atomic E-state index is 0.0448. The largest absolute Gasteiger partial charge is 0.381 e. The predicted octanol–water partition coefficient (Wildman–Crippen LogP) is 3.05. The van der Waals surface area contributed by atoms with E-state index in [0.29, 0.717) is 63.6 Å².